The highest BCUT2D eigenvalue weighted by Gasteiger charge is 2.03. The summed E-state index contributed by atoms with van der Waals surface area (Å²) in [6.07, 6.45) is 3.06. The average molecular weight is 187 g/mol. The van der Waals surface area contributed by atoms with Gasteiger partial charge in [0, 0.05) is 5.92 Å². The predicted octanol–water partition coefficient (Wildman–Crippen LogP) is 4.01. The molecule has 0 amide bonds. The zero-order valence-electron chi connectivity index (χ0n) is 9.38. The second kappa shape index (κ2) is 4.99. The molecule has 0 aliphatic carbocycles. The summed E-state index contributed by atoms with van der Waals surface area (Å²) in [4.78, 5) is 0. The maximum atomic E-state index is 3.79. The molecule has 14 heavy (non-hydrogen) atoms. The average Bonchev–Trinajstić information content (AvgIpc) is 2.16. The molecule has 0 aromatic heterocycles. The van der Waals surface area contributed by atoms with Gasteiger partial charge < -0.3 is 0 Å². The van der Waals surface area contributed by atoms with Crippen molar-refractivity contribution < 1.29 is 0 Å². The van der Waals surface area contributed by atoms with Gasteiger partial charge in [0.15, 0.2) is 0 Å². The Bertz CT molecular complexity index is 297. The van der Waals surface area contributed by atoms with Gasteiger partial charge in [-0.3, -0.25) is 0 Å². The van der Waals surface area contributed by atoms with Crippen molar-refractivity contribution in [3.05, 3.63) is 54.0 Å². The topological polar surface area (TPSA) is 0 Å². The van der Waals surface area contributed by atoms with Gasteiger partial charge in [-0.25, -0.2) is 0 Å². The van der Waals surface area contributed by atoms with Gasteiger partial charge in [0.25, 0.3) is 0 Å². The maximum Gasteiger partial charge on any atom is 0.0230 e. The van der Waals surface area contributed by atoms with E-state index in [0.29, 0.717) is 5.92 Å². The lowest BCUT2D eigenvalue weighted by Crippen LogP contribution is -1.96. The van der Waals surface area contributed by atoms with E-state index in [2.05, 4.69) is 51.6 Å². The molecule has 0 bridgehead atoms. The SMILES string of the molecule is C=C[C](C)c1cccc(CC(C)C)c1. The van der Waals surface area contributed by atoms with Crippen LogP contribution >= 0.6 is 0 Å². The van der Waals surface area contributed by atoms with Crippen LogP contribution < -0.4 is 0 Å². The molecule has 0 heteroatoms. The maximum absolute atomic E-state index is 3.79. The molecule has 0 N–H and O–H groups in total. The van der Waals surface area contributed by atoms with Crippen molar-refractivity contribution in [2.24, 2.45) is 5.92 Å². The Labute approximate surface area is 87.7 Å². The second-order valence-electron chi connectivity index (χ2n) is 4.19. The largest absolute Gasteiger partial charge is 0.102 e. The van der Waals surface area contributed by atoms with Crippen molar-refractivity contribution >= 4 is 0 Å². The summed E-state index contributed by atoms with van der Waals surface area (Å²) in [7, 11) is 0. The van der Waals surface area contributed by atoms with Gasteiger partial charge in [0.2, 0.25) is 0 Å². The third-order valence-electron chi connectivity index (χ3n) is 2.33. The lowest BCUT2D eigenvalue weighted by molar-refractivity contribution is 0.647. The van der Waals surface area contributed by atoms with Crippen LogP contribution in [0.2, 0.25) is 0 Å². The van der Waals surface area contributed by atoms with Gasteiger partial charge >= 0.3 is 0 Å². The van der Waals surface area contributed by atoms with Crippen LogP contribution in [0.3, 0.4) is 0 Å². The van der Waals surface area contributed by atoms with Gasteiger partial charge in [0.1, 0.15) is 0 Å². The second-order valence-corrected chi connectivity index (χ2v) is 4.19. The van der Waals surface area contributed by atoms with E-state index in [1.807, 2.05) is 6.08 Å². The highest BCUT2D eigenvalue weighted by atomic mass is 14.1. The highest BCUT2D eigenvalue weighted by Crippen LogP contribution is 2.18. The molecular formula is C14H19. The van der Waals surface area contributed by atoms with Crippen LogP contribution in [0.5, 0.6) is 0 Å². The lowest BCUT2D eigenvalue weighted by atomic mass is 9.96. The zero-order chi connectivity index (χ0) is 10.6. The molecule has 0 nitrogen and oxygen atoms in total. The molecule has 0 saturated heterocycles. The van der Waals surface area contributed by atoms with E-state index in [0.717, 1.165) is 6.42 Å². The summed E-state index contributed by atoms with van der Waals surface area (Å²) in [5, 5.41) is 0. The van der Waals surface area contributed by atoms with Crippen molar-refractivity contribution in [1.29, 1.82) is 0 Å². The molecule has 1 rings (SSSR count). The fourth-order valence-corrected chi connectivity index (χ4v) is 1.53. The normalized spacial score (nSPS) is 10.9. The smallest absolute Gasteiger partial charge is 0.0230 e. The molecule has 0 spiro atoms. The van der Waals surface area contributed by atoms with Crippen molar-refractivity contribution in [1.82, 2.24) is 0 Å². The van der Waals surface area contributed by atoms with E-state index < -0.39 is 0 Å². The third-order valence-corrected chi connectivity index (χ3v) is 2.33. The van der Waals surface area contributed by atoms with Gasteiger partial charge in [-0.15, -0.1) is 6.58 Å². The van der Waals surface area contributed by atoms with Crippen LogP contribution in [0.4, 0.5) is 0 Å². The molecular weight excluding hydrogens is 168 g/mol. The van der Waals surface area contributed by atoms with Gasteiger partial charge in [-0.1, -0.05) is 51.1 Å². The predicted molar refractivity (Wildman–Crippen MR) is 63.2 cm³/mol. The molecule has 0 fully saturated rings. The van der Waals surface area contributed by atoms with Crippen LogP contribution in [-0.4, -0.2) is 0 Å². The minimum atomic E-state index is 0.717. The molecule has 1 radical (unpaired) electrons. The van der Waals surface area contributed by atoms with Crippen molar-refractivity contribution in [3.63, 3.8) is 0 Å². The summed E-state index contributed by atoms with van der Waals surface area (Å²) >= 11 is 0. The zero-order valence-corrected chi connectivity index (χ0v) is 9.38. The van der Waals surface area contributed by atoms with E-state index in [4.69, 9.17) is 0 Å². The fraction of sp³-hybridized carbons (Fsp3) is 0.357. The van der Waals surface area contributed by atoms with E-state index in [1.54, 1.807) is 0 Å². The Morgan fingerprint density at radius 1 is 1.43 bits per heavy atom. The standard InChI is InChI=1S/C14H19/c1-5-12(4)14-8-6-7-13(10-14)9-11(2)3/h5-8,10-11H,1,9H2,2-4H3. The first-order valence-electron chi connectivity index (χ1n) is 5.18. The molecule has 0 heterocycles. The molecule has 0 atom stereocenters. The summed E-state index contributed by atoms with van der Waals surface area (Å²) in [6.45, 7) is 10.4. The van der Waals surface area contributed by atoms with E-state index in [-0.39, 0.29) is 0 Å². The number of rotatable bonds is 4. The first kappa shape index (κ1) is 11.0. The summed E-state index contributed by atoms with van der Waals surface area (Å²) < 4.78 is 0. The highest BCUT2D eigenvalue weighted by molar-refractivity contribution is 5.37. The van der Waals surface area contributed by atoms with E-state index in [1.165, 1.54) is 17.0 Å². The molecule has 1 aromatic rings. The molecule has 0 unspecified atom stereocenters. The minimum Gasteiger partial charge on any atom is -0.102 e. The molecule has 0 aliphatic rings. The number of hydrogen-bond donors (Lipinski definition) is 0. The van der Waals surface area contributed by atoms with Gasteiger partial charge in [0.05, 0.1) is 0 Å². The van der Waals surface area contributed by atoms with Crippen molar-refractivity contribution in [2.75, 3.05) is 0 Å². The van der Waals surface area contributed by atoms with Crippen LogP contribution in [0.25, 0.3) is 0 Å². The Balaban J connectivity index is 2.83. The number of allylic oxidation sites excluding steroid dienone is 1. The quantitative estimate of drug-likeness (QED) is 0.668. The van der Waals surface area contributed by atoms with Gasteiger partial charge in [-0.2, -0.15) is 0 Å². The summed E-state index contributed by atoms with van der Waals surface area (Å²) in [5.41, 5.74) is 2.71. The Morgan fingerprint density at radius 3 is 2.71 bits per heavy atom. The number of benzene rings is 1. The summed E-state index contributed by atoms with van der Waals surface area (Å²) in [6, 6.07) is 8.72. The third kappa shape index (κ3) is 3.02. The summed E-state index contributed by atoms with van der Waals surface area (Å²) in [5.74, 6) is 1.96. The molecule has 0 aliphatic heterocycles. The number of hydrogen-bond acceptors (Lipinski definition) is 0. The Hall–Kier alpha value is -1.04. The lowest BCUT2D eigenvalue weighted by Gasteiger charge is -2.09. The Morgan fingerprint density at radius 2 is 2.14 bits per heavy atom. The van der Waals surface area contributed by atoms with Crippen molar-refractivity contribution in [2.45, 2.75) is 27.2 Å². The van der Waals surface area contributed by atoms with Crippen LogP contribution in [-0.2, 0) is 6.42 Å². The van der Waals surface area contributed by atoms with Crippen molar-refractivity contribution in [3.8, 4) is 0 Å². The first-order chi connectivity index (χ1) is 6.63. The van der Waals surface area contributed by atoms with Crippen LogP contribution in [0.1, 0.15) is 31.9 Å². The van der Waals surface area contributed by atoms with Gasteiger partial charge in [-0.05, 0) is 23.5 Å². The monoisotopic (exact) mass is 187 g/mol. The molecule has 0 saturated carbocycles. The first-order valence-corrected chi connectivity index (χ1v) is 5.18. The van der Waals surface area contributed by atoms with E-state index in [9.17, 15) is 0 Å². The molecule has 1 aromatic carbocycles. The molecule has 75 valence electrons. The minimum absolute atomic E-state index is 0.717. The van der Waals surface area contributed by atoms with E-state index >= 15 is 0 Å². The fourth-order valence-electron chi connectivity index (χ4n) is 1.53. The van der Waals surface area contributed by atoms with Crippen LogP contribution in [0, 0.1) is 11.8 Å². The van der Waals surface area contributed by atoms with Crippen LogP contribution in [0.15, 0.2) is 36.9 Å². The Kier molecular flexibility index (Phi) is 3.94.